The molecule has 1 aromatic carbocycles. The lowest BCUT2D eigenvalue weighted by Gasteiger charge is -2.09. The first kappa shape index (κ1) is 13.1. The summed E-state index contributed by atoms with van der Waals surface area (Å²) in [6.07, 6.45) is 2.66. The average molecular weight is 292 g/mol. The molecule has 3 heterocycles. The number of anilines is 1. The van der Waals surface area contributed by atoms with Gasteiger partial charge in [0.2, 0.25) is 0 Å². The molecule has 1 unspecified atom stereocenters. The van der Waals surface area contributed by atoms with E-state index in [1.165, 1.54) is 0 Å². The van der Waals surface area contributed by atoms with Crippen LogP contribution < -0.4 is 5.32 Å². The fourth-order valence-corrected chi connectivity index (χ4v) is 3.15. The van der Waals surface area contributed by atoms with E-state index in [0.29, 0.717) is 11.3 Å². The van der Waals surface area contributed by atoms with E-state index in [9.17, 15) is 4.79 Å². The zero-order valence-corrected chi connectivity index (χ0v) is 12.5. The molecule has 4 nitrogen and oxygen atoms in total. The number of para-hydroxylation sites is 1. The van der Waals surface area contributed by atoms with E-state index in [1.807, 2.05) is 37.4 Å². The van der Waals surface area contributed by atoms with Gasteiger partial charge in [-0.1, -0.05) is 25.1 Å². The molecule has 0 bridgehead atoms. The van der Waals surface area contributed by atoms with Crippen molar-refractivity contribution in [2.45, 2.75) is 26.4 Å². The first-order valence-corrected chi connectivity index (χ1v) is 7.47. The third-order valence-corrected chi connectivity index (χ3v) is 4.19. The molecule has 1 atom stereocenters. The van der Waals surface area contributed by atoms with Crippen molar-refractivity contribution in [2.75, 3.05) is 5.32 Å². The maximum Gasteiger partial charge on any atom is 0.260 e. The van der Waals surface area contributed by atoms with Gasteiger partial charge in [0.25, 0.3) is 5.91 Å². The van der Waals surface area contributed by atoms with Gasteiger partial charge < -0.3 is 10.1 Å². The zero-order chi connectivity index (χ0) is 15.3. The molecule has 0 saturated carbocycles. The molecule has 0 fully saturated rings. The summed E-state index contributed by atoms with van der Waals surface area (Å²) in [7, 11) is 0. The number of amides is 1. The smallest absolute Gasteiger partial charge is 0.260 e. The summed E-state index contributed by atoms with van der Waals surface area (Å²) >= 11 is 0. The highest BCUT2D eigenvalue weighted by Crippen LogP contribution is 2.46. The number of benzene rings is 1. The molecular weight excluding hydrogens is 276 g/mol. The summed E-state index contributed by atoms with van der Waals surface area (Å²) < 4.78 is 6.13. The molecule has 110 valence electrons. The Kier molecular flexibility index (Phi) is 2.79. The second kappa shape index (κ2) is 4.70. The van der Waals surface area contributed by atoms with Crippen molar-refractivity contribution in [2.24, 2.45) is 0 Å². The molecule has 4 heteroatoms. The monoisotopic (exact) mass is 292 g/mol. The number of hydrogen-bond donors (Lipinski definition) is 1. The fraction of sp³-hybridized carbons (Fsp3) is 0.222. The lowest BCUT2D eigenvalue weighted by atomic mass is 9.99. The highest BCUT2D eigenvalue weighted by atomic mass is 16.5. The minimum absolute atomic E-state index is 0.0141. The highest BCUT2D eigenvalue weighted by Gasteiger charge is 2.35. The van der Waals surface area contributed by atoms with Crippen molar-refractivity contribution in [3.8, 4) is 0 Å². The van der Waals surface area contributed by atoms with Crippen LogP contribution in [0.25, 0.3) is 11.3 Å². The standard InChI is InChI=1S/C18H16N2O2/c1-3-15-12-8-10(2)19-9-13(12)17(22-15)16-11-6-4-5-7-14(11)20-18(16)21/h4-9,15H,3H2,1-2H3,(H,20,21)/b17-16+. The average Bonchev–Trinajstić information content (AvgIpc) is 3.03. The second-order valence-electron chi connectivity index (χ2n) is 5.63. The fourth-order valence-electron chi connectivity index (χ4n) is 3.15. The van der Waals surface area contributed by atoms with Gasteiger partial charge in [0.05, 0.1) is 5.57 Å². The zero-order valence-electron chi connectivity index (χ0n) is 12.5. The largest absolute Gasteiger partial charge is 0.484 e. The Hall–Kier alpha value is -2.62. The second-order valence-corrected chi connectivity index (χ2v) is 5.63. The summed E-state index contributed by atoms with van der Waals surface area (Å²) in [4.78, 5) is 16.8. The van der Waals surface area contributed by atoms with Gasteiger partial charge in [0.15, 0.2) is 0 Å². The normalized spacial score (nSPS) is 22.1. The van der Waals surface area contributed by atoms with E-state index in [2.05, 4.69) is 23.3 Å². The number of carbonyl (C=O) groups is 1. The van der Waals surface area contributed by atoms with Gasteiger partial charge in [-0.05, 0) is 25.5 Å². The SMILES string of the molecule is CCC1O/C(=C2/C(=O)Nc3ccccc32)c2cnc(C)cc21. The molecule has 22 heavy (non-hydrogen) atoms. The van der Waals surface area contributed by atoms with Crippen molar-refractivity contribution >= 4 is 22.9 Å². The summed E-state index contributed by atoms with van der Waals surface area (Å²) in [6.45, 7) is 4.05. The summed E-state index contributed by atoms with van der Waals surface area (Å²) in [5.74, 6) is 0.538. The van der Waals surface area contributed by atoms with Crippen molar-refractivity contribution in [1.29, 1.82) is 0 Å². The van der Waals surface area contributed by atoms with Crippen LogP contribution in [0.1, 0.15) is 41.8 Å². The number of ether oxygens (including phenoxy) is 1. The molecule has 0 spiro atoms. The molecule has 4 rings (SSSR count). The van der Waals surface area contributed by atoms with Crippen LogP contribution in [0.5, 0.6) is 0 Å². The third kappa shape index (κ3) is 1.77. The minimum atomic E-state index is -0.112. The Morgan fingerprint density at radius 2 is 2.09 bits per heavy atom. The quantitative estimate of drug-likeness (QED) is 0.815. The first-order valence-electron chi connectivity index (χ1n) is 7.47. The molecule has 2 aliphatic rings. The van der Waals surface area contributed by atoms with Crippen LogP contribution in [0.3, 0.4) is 0 Å². The van der Waals surface area contributed by atoms with E-state index in [1.54, 1.807) is 0 Å². The molecule has 0 saturated heterocycles. The van der Waals surface area contributed by atoms with Crippen LogP contribution in [-0.2, 0) is 9.53 Å². The number of hydrogen-bond acceptors (Lipinski definition) is 3. The van der Waals surface area contributed by atoms with Gasteiger partial charge in [-0.25, -0.2) is 0 Å². The number of aromatic nitrogens is 1. The minimum Gasteiger partial charge on any atom is -0.484 e. The van der Waals surface area contributed by atoms with Crippen LogP contribution >= 0.6 is 0 Å². The van der Waals surface area contributed by atoms with Gasteiger partial charge in [0.1, 0.15) is 11.9 Å². The van der Waals surface area contributed by atoms with Gasteiger partial charge >= 0.3 is 0 Å². The van der Waals surface area contributed by atoms with Gasteiger partial charge in [-0.15, -0.1) is 0 Å². The predicted molar refractivity (Wildman–Crippen MR) is 85.0 cm³/mol. The van der Waals surface area contributed by atoms with Crippen LogP contribution in [0, 0.1) is 6.92 Å². The Labute approximate surface area is 128 Å². The van der Waals surface area contributed by atoms with Crippen molar-refractivity contribution < 1.29 is 9.53 Å². The van der Waals surface area contributed by atoms with Gasteiger partial charge in [0, 0.05) is 34.3 Å². The van der Waals surface area contributed by atoms with Crippen molar-refractivity contribution in [1.82, 2.24) is 4.98 Å². The van der Waals surface area contributed by atoms with E-state index >= 15 is 0 Å². The molecule has 0 aliphatic carbocycles. The van der Waals surface area contributed by atoms with E-state index in [4.69, 9.17) is 4.74 Å². The molecule has 2 aliphatic heterocycles. The lowest BCUT2D eigenvalue weighted by molar-refractivity contribution is -0.110. The summed E-state index contributed by atoms with van der Waals surface area (Å²) in [5.41, 5.74) is 5.35. The Morgan fingerprint density at radius 3 is 2.91 bits per heavy atom. The first-order chi connectivity index (χ1) is 10.7. The van der Waals surface area contributed by atoms with Gasteiger partial charge in [-0.2, -0.15) is 0 Å². The number of nitrogens with zero attached hydrogens (tertiary/aromatic N) is 1. The number of nitrogens with one attached hydrogen (secondary N) is 1. The summed E-state index contributed by atoms with van der Waals surface area (Å²) in [5, 5.41) is 2.90. The topological polar surface area (TPSA) is 51.2 Å². The maximum absolute atomic E-state index is 12.4. The molecule has 1 N–H and O–H groups in total. The van der Waals surface area contributed by atoms with Crippen LogP contribution in [-0.4, -0.2) is 10.9 Å². The third-order valence-electron chi connectivity index (χ3n) is 4.19. The van der Waals surface area contributed by atoms with Crippen LogP contribution in [0.4, 0.5) is 5.69 Å². The number of carbonyl (C=O) groups excluding carboxylic acids is 1. The lowest BCUT2D eigenvalue weighted by Crippen LogP contribution is -2.06. The van der Waals surface area contributed by atoms with Crippen molar-refractivity contribution in [3.05, 3.63) is 58.9 Å². The Morgan fingerprint density at radius 1 is 1.27 bits per heavy atom. The predicted octanol–water partition coefficient (Wildman–Crippen LogP) is 3.69. The number of aryl methyl sites for hydroxylation is 1. The maximum atomic E-state index is 12.4. The van der Waals surface area contributed by atoms with Crippen molar-refractivity contribution in [3.63, 3.8) is 0 Å². The molecule has 1 aromatic heterocycles. The number of rotatable bonds is 1. The number of pyridine rings is 1. The molecule has 0 radical (unpaired) electrons. The Bertz CT molecular complexity index is 824. The highest BCUT2D eigenvalue weighted by molar-refractivity contribution is 6.36. The van der Waals surface area contributed by atoms with E-state index < -0.39 is 0 Å². The molecule has 1 amide bonds. The summed E-state index contributed by atoms with van der Waals surface area (Å²) in [6, 6.07) is 9.74. The van der Waals surface area contributed by atoms with Crippen LogP contribution in [0.15, 0.2) is 36.5 Å². The number of fused-ring (bicyclic) bond motifs is 2. The Balaban J connectivity index is 1.96. The molecule has 2 aromatic rings. The van der Waals surface area contributed by atoms with Gasteiger partial charge in [-0.3, -0.25) is 9.78 Å². The van der Waals surface area contributed by atoms with E-state index in [-0.39, 0.29) is 12.0 Å². The molecular formula is C18H16N2O2. The van der Waals surface area contributed by atoms with Crippen LogP contribution in [0.2, 0.25) is 0 Å². The van der Waals surface area contributed by atoms with E-state index in [0.717, 1.165) is 34.5 Å².